The molecule has 0 bridgehead atoms. The van der Waals surface area contributed by atoms with Gasteiger partial charge in [-0.1, -0.05) is 30.7 Å². The van der Waals surface area contributed by atoms with Gasteiger partial charge in [0, 0.05) is 23.1 Å². The third kappa shape index (κ3) is 3.66. The lowest BCUT2D eigenvalue weighted by atomic mass is 10.0. The second-order valence-corrected chi connectivity index (χ2v) is 6.10. The molecule has 21 heavy (non-hydrogen) atoms. The van der Waals surface area contributed by atoms with Gasteiger partial charge in [-0.15, -0.1) is 0 Å². The van der Waals surface area contributed by atoms with Crippen LogP contribution in [0.3, 0.4) is 0 Å². The van der Waals surface area contributed by atoms with E-state index in [-0.39, 0.29) is 6.04 Å². The zero-order chi connectivity index (χ0) is 15.4. The van der Waals surface area contributed by atoms with Gasteiger partial charge in [-0.3, -0.25) is 16.0 Å². The highest BCUT2D eigenvalue weighted by molar-refractivity contribution is 9.10. The van der Waals surface area contributed by atoms with E-state index in [1.165, 1.54) is 0 Å². The van der Waals surface area contributed by atoms with Gasteiger partial charge in [0.15, 0.2) is 0 Å². The van der Waals surface area contributed by atoms with E-state index in [1.54, 1.807) is 0 Å². The molecule has 0 fully saturated rings. The second-order valence-electron chi connectivity index (χ2n) is 4.86. The van der Waals surface area contributed by atoms with Crippen LogP contribution in [-0.2, 0) is 19.4 Å². The van der Waals surface area contributed by atoms with E-state index in [9.17, 15) is 0 Å². The number of halogens is 2. The Balaban J connectivity index is 2.31. The summed E-state index contributed by atoms with van der Waals surface area (Å²) in [5.74, 6) is 5.75. The maximum absolute atomic E-state index is 6.37. The lowest BCUT2D eigenvalue weighted by Gasteiger charge is -2.18. The predicted octanol–water partition coefficient (Wildman–Crippen LogP) is 3.63. The van der Waals surface area contributed by atoms with Gasteiger partial charge in [0.05, 0.1) is 16.8 Å². The highest BCUT2D eigenvalue weighted by Gasteiger charge is 2.18. The molecule has 0 spiro atoms. The molecule has 114 valence electrons. The lowest BCUT2D eigenvalue weighted by Crippen LogP contribution is -2.30. The fourth-order valence-electron chi connectivity index (χ4n) is 2.38. The van der Waals surface area contributed by atoms with Crippen LogP contribution in [-0.4, -0.2) is 9.78 Å². The van der Waals surface area contributed by atoms with Crippen LogP contribution in [0.2, 0.25) is 5.02 Å². The molecule has 1 atom stereocenters. The van der Waals surface area contributed by atoms with E-state index >= 15 is 0 Å². The average molecular weight is 372 g/mol. The zero-order valence-electron chi connectivity index (χ0n) is 12.2. The largest absolute Gasteiger partial charge is 0.271 e. The van der Waals surface area contributed by atoms with E-state index < -0.39 is 0 Å². The number of aryl methyl sites for hydroxylation is 2. The van der Waals surface area contributed by atoms with Gasteiger partial charge in [0.1, 0.15) is 0 Å². The first kappa shape index (κ1) is 16.5. The number of hydrazine groups is 1. The molecule has 4 nitrogen and oxygen atoms in total. The number of rotatable bonds is 6. The predicted molar refractivity (Wildman–Crippen MR) is 90.2 cm³/mol. The fraction of sp³-hybridized carbons (Fsp3) is 0.400. The van der Waals surface area contributed by atoms with E-state index in [2.05, 4.69) is 46.4 Å². The molecule has 0 saturated heterocycles. The number of nitrogens with one attached hydrogen (secondary N) is 1. The van der Waals surface area contributed by atoms with Crippen LogP contribution >= 0.6 is 27.5 Å². The van der Waals surface area contributed by atoms with Gasteiger partial charge in [-0.25, -0.2) is 0 Å². The van der Waals surface area contributed by atoms with Crippen LogP contribution in [0.25, 0.3) is 0 Å². The Morgan fingerprint density at radius 1 is 1.43 bits per heavy atom. The van der Waals surface area contributed by atoms with E-state index in [0.29, 0.717) is 5.02 Å². The lowest BCUT2D eigenvalue weighted by molar-refractivity contribution is 0.516. The Morgan fingerprint density at radius 3 is 2.81 bits per heavy atom. The minimum atomic E-state index is -0.0540. The monoisotopic (exact) mass is 370 g/mol. The third-order valence-corrected chi connectivity index (χ3v) is 4.86. The fourth-order valence-corrected chi connectivity index (χ4v) is 3.02. The summed E-state index contributed by atoms with van der Waals surface area (Å²) in [6.07, 6.45) is 1.67. The van der Waals surface area contributed by atoms with Crippen molar-refractivity contribution in [2.75, 3.05) is 0 Å². The Kier molecular flexibility index (Phi) is 5.81. The molecule has 0 saturated carbocycles. The molecule has 0 radical (unpaired) electrons. The number of aromatic nitrogens is 2. The minimum Gasteiger partial charge on any atom is -0.271 e. The second kappa shape index (κ2) is 7.40. The van der Waals surface area contributed by atoms with Crippen molar-refractivity contribution in [1.29, 1.82) is 0 Å². The van der Waals surface area contributed by atoms with Crippen LogP contribution in [0.1, 0.15) is 36.8 Å². The smallest absolute Gasteiger partial charge is 0.0624 e. The standard InChI is InChI=1S/C15H20BrClN4/c1-3-10-8-11(21(4-2)20-10)9-14(19-18)12-6-5-7-13(16)15(12)17/h5-8,14,19H,3-4,9,18H2,1-2H3. The Hall–Kier alpha value is -0.880. The van der Waals surface area contributed by atoms with Gasteiger partial charge >= 0.3 is 0 Å². The summed E-state index contributed by atoms with van der Waals surface area (Å²) in [7, 11) is 0. The highest BCUT2D eigenvalue weighted by atomic mass is 79.9. The van der Waals surface area contributed by atoms with Crippen molar-refractivity contribution < 1.29 is 0 Å². The molecular weight excluding hydrogens is 352 g/mol. The number of hydrogen-bond donors (Lipinski definition) is 2. The van der Waals surface area contributed by atoms with Crippen molar-refractivity contribution >= 4 is 27.5 Å². The Bertz CT molecular complexity index is 612. The number of hydrogen-bond acceptors (Lipinski definition) is 3. The van der Waals surface area contributed by atoms with Crippen LogP contribution in [0.15, 0.2) is 28.7 Å². The number of nitrogens with two attached hydrogens (primary N) is 1. The first-order valence-corrected chi connectivity index (χ1v) is 8.23. The zero-order valence-corrected chi connectivity index (χ0v) is 14.6. The van der Waals surface area contributed by atoms with Crippen molar-refractivity contribution in [1.82, 2.24) is 15.2 Å². The van der Waals surface area contributed by atoms with Crippen molar-refractivity contribution in [2.45, 2.75) is 39.3 Å². The summed E-state index contributed by atoms with van der Waals surface area (Å²) in [5.41, 5.74) is 6.11. The Morgan fingerprint density at radius 2 is 2.19 bits per heavy atom. The van der Waals surface area contributed by atoms with Crippen LogP contribution in [0.5, 0.6) is 0 Å². The minimum absolute atomic E-state index is 0.0540. The van der Waals surface area contributed by atoms with E-state index in [4.69, 9.17) is 17.4 Å². The first-order chi connectivity index (χ1) is 10.1. The topological polar surface area (TPSA) is 55.9 Å². The van der Waals surface area contributed by atoms with Crippen LogP contribution in [0.4, 0.5) is 0 Å². The average Bonchev–Trinajstić information content (AvgIpc) is 2.90. The van der Waals surface area contributed by atoms with Crippen molar-refractivity contribution in [2.24, 2.45) is 5.84 Å². The normalized spacial score (nSPS) is 12.6. The molecule has 2 aromatic rings. The summed E-state index contributed by atoms with van der Waals surface area (Å²) in [5, 5.41) is 5.27. The van der Waals surface area contributed by atoms with Crippen molar-refractivity contribution in [3.63, 3.8) is 0 Å². The summed E-state index contributed by atoms with van der Waals surface area (Å²) in [6.45, 7) is 5.04. The quantitative estimate of drug-likeness (QED) is 0.602. The summed E-state index contributed by atoms with van der Waals surface area (Å²) in [4.78, 5) is 0. The maximum atomic E-state index is 6.37. The van der Waals surface area contributed by atoms with Gasteiger partial charge in [-0.05, 0) is 47.0 Å². The van der Waals surface area contributed by atoms with Gasteiger partial charge in [-0.2, -0.15) is 5.10 Å². The molecule has 0 aliphatic heterocycles. The highest BCUT2D eigenvalue weighted by Crippen LogP contribution is 2.31. The van der Waals surface area contributed by atoms with Crippen LogP contribution in [0, 0.1) is 0 Å². The van der Waals surface area contributed by atoms with E-state index in [0.717, 1.165) is 40.8 Å². The van der Waals surface area contributed by atoms with Gasteiger partial charge < -0.3 is 0 Å². The van der Waals surface area contributed by atoms with Crippen LogP contribution < -0.4 is 11.3 Å². The maximum Gasteiger partial charge on any atom is 0.0624 e. The molecule has 1 heterocycles. The SMILES string of the molecule is CCc1cc(CC(NN)c2cccc(Br)c2Cl)n(CC)n1. The molecule has 1 unspecified atom stereocenters. The molecule has 6 heteroatoms. The molecule has 1 aromatic heterocycles. The third-order valence-electron chi connectivity index (χ3n) is 3.55. The molecule has 3 N–H and O–H groups in total. The molecule has 0 amide bonds. The molecule has 0 aliphatic carbocycles. The van der Waals surface area contributed by atoms with Crippen molar-refractivity contribution in [3.8, 4) is 0 Å². The summed E-state index contributed by atoms with van der Waals surface area (Å²) >= 11 is 9.83. The molecule has 0 aliphatic rings. The molecule has 2 rings (SSSR count). The first-order valence-electron chi connectivity index (χ1n) is 7.06. The molecule has 1 aromatic carbocycles. The summed E-state index contributed by atoms with van der Waals surface area (Å²) < 4.78 is 2.90. The number of benzene rings is 1. The van der Waals surface area contributed by atoms with Gasteiger partial charge in [0.2, 0.25) is 0 Å². The number of nitrogens with zero attached hydrogens (tertiary/aromatic N) is 2. The summed E-state index contributed by atoms with van der Waals surface area (Å²) in [6, 6.07) is 7.96. The van der Waals surface area contributed by atoms with Gasteiger partial charge in [0.25, 0.3) is 0 Å². The van der Waals surface area contributed by atoms with Crippen molar-refractivity contribution in [3.05, 3.63) is 50.7 Å². The Labute approximate surface area is 138 Å². The van der Waals surface area contributed by atoms with E-state index in [1.807, 2.05) is 22.9 Å². The molecular formula is C15H20BrClN4.